The van der Waals surface area contributed by atoms with Gasteiger partial charge < -0.3 is 5.32 Å². The van der Waals surface area contributed by atoms with Crippen LogP contribution in [0.25, 0.3) is 0 Å². The number of rotatable bonds is 5. The molecule has 21 heavy (non-hydrogen) atoms. The summed E-state index contributed by atoms with van der Waals surface area (Å²) in [5.41, 5.74) is 2.07. The first-order chi connectivity index (χ1) is 10.1. The zero-order valence-electron chi connectivity index (χ0n) is 11.8. The van der Waals surface area contributed by atoms with Crippen molar-refractivity contribution in [2.75, 3.05) is 6.54 Å². The highest BCUT2D eigenvalue weighted by Gasteiger charge is 2.09. The summed E-state index contributed by atoms with van der Waals surface area (Å²) in [5.74, 6) is 0.264. The number of hydrogen-bond donors (Lipinski definition) is 1. The van der Waals surface area contributed by atoms with Crippen LogP contribution >= 0.6 is 23.2 Å². The van der Waals surface area contributed by atoms with Crippen molar-refractivity contribution in [3.63, 3.8) is 0 Å². The molecular formula is C17H17Cl2NO. The number of carbonyl (C=O) groups is 1. The van der Waals surface area contributed by atoms with E-state index in [0.29, 0.717) is 23.0 Å². The Morgan fingerprint density at radius 1 is 1.10 bits per heavy atom. The number of nitrogens with one attached hydrogen (secondary N) is 1. The van der Waals surface area contributed by atoms with Gasteiger partial charge in [-0.2, -0.15) is 0 Å². The molecule has 0 aliphatic heterocycles. The van der Waals surface area contributed by atoms with Gasteiger partial charge >= 0.3 is 0 Å². The molecule has 0 spiro atoms. The lowest BCUT2D eigenvalue weighted by Gasteiger charge is -2.13. The highest BCUT2D eigenvalue weighted by atomic mass is 35.5. The standard InChI is InChI=1S/C17H17Cl2NO/c1-12(14-5-3-2-4-6-14)11-20-17(21)10-13-7-8-15(18)16(19)9-13/h2-9,12H,10-11H2,1H3,(H,20,21)/t12-/m0/s1. The van der Waals surface area contributed by atoms with Crippen LogP contribution in [0.15, 0.2) is 48.5 Å². The van der Waals surface area contributed by atoms with Crippen LogP contribution in [0.4, 0.5) is 0 Å². The smallest absolute Gasteiger partial charge is 0.224 e. The van der Waals surface area contributed by atoms with Crippen LogP contribution in [0, 0.1) is 0 Å². The molecule has 0 radical (unpaired) electrons. The summed E-state index contributed by atoms with van der Waals surface area (Å²) in [6, 6.07) is 15.4. The average Bonchev–Trinajstić information content (AvgIpc) is 2.49. The van der Waals surface area contributed by atoms with Gasteiger partial charge in [0, 0.05) is 6.54 Å². The molecular weight excluding hydrogens is 305 g/mol. The van der Waals surface area contributed by atoms with Crippen molar-refractivity contribution in [3.05, 3.63) is 69.7 Å². The van der Waals surface area contributed by atoms with E-state index in [0.717, 1.165) is 5.56 Å². The zero-order valence-corrected chi connectivity index (χ0v) is 13.3. The van der Waals surface area contributed by atoms with Crippen molar-refractivity contribution in [3.8, 4) is 0 Å². The van der Waals surface area contributed by atoms with Crippen LogP contribution in [-0.4, -0.2) is 12.5 Å². The first-order valence-corrected chi connectivity index (χ1v) is 7.57. The van der Waals surface area contributed by atoms with Crippen molar-refractivity contribution in [1.82, 2.24) is 5.32 Å². The molecule has 0 fully saturated rings. The molecule has 4 heteroatoms. The van der Waals surface area contributed by atoms with E-state index in [-0.39, 0.29) is 11.8 Å². The van der Waals surface area contributed by atoms with E-state index in [9.17, 15) is 4.79 Å². The maximum Gasteiger partial charge on any atom is 0.224 e. The number of halogens is 2. The average molecular weight is 322 g/mol. The van der Waals surface area contributed by atoms with Gasteiger partial charge in [-0.1, -0.05) is 66.5 Å². The predicted octanol–water partition coefficient (Wildman–Crippen LogP) is 4.46. The van der Waals surface area contributed by atoms with Gasteiger partial charge in [0.05, 0.1) is 16.5 Å². The minimum Gasteiger partial charge on any atom is -0.355 e. The van der Waals surface area contributed by atoms with Crippen molar-refractivity contribution < 1.29 is 4.79 Å². The Morgan fingerprint density at radius 3 is 2.48 bits per heavy atom. The summed E-state index contributed by atoms with van der Waals surface area (Å²) < 4.78 is 0. The summed E-state index contributed by atoms with van der Waals surface area (Å²) in [7, 11) is 0. The van der Waals surface area contributed by atoms with E-state index in [4.69, 9.17) is 23.2 Å². The van der Waals surface area contributed by atoms with E-state index >= 15 is 0 Å². The lowest BCUT2D eigenvalue weighted by atomic mass is 10.0. The van der Waals surface area contributed by atoms with Gasteiger partial charge in [-0.25, -0.2) is 0 Å². The largest absolute Gasteiger partial charge is 0.355 e. The molecule has 1 N–H and O–H groups in total. The Hall–Kier alpha value is -1.51. The Morgan fingerprint density at radius 2 is 1.81 bits per heavy atom. The molecule has 0 saturated heterocycles. The molecule has 0 saturated carbocycles. The van der Waals surface area contributed by atoms with Crippen LogP contribution in [-0.2, 0) is 11.2 Å². The minimum absolute atomic E-state index is 0.0174. The van der Waals surface area contributed by atoms with Crippen LogP contribution in [0.5, 0.6) is 0 Å². The summed E-state index contributed by atoms with van der Waals surface area (Å²) in [5, 5.41) is 3.92. The molecule has 2 nitrogen and oxygen atoms in total. The maximum atomic E-state index is 12.0. The Labute approximate surface area is 135 Å². The van der Waals surface area contributed by atoms with Crippen molar-refractivity contribution in [2.45, 2.75) is 19.3 Å². The van der Waals surface area contributed by atoms with Crippen LogP contribution in [0.3, 0.4) is 0 Å². The number of hydrogen-bond acceptors (Lipinski definition) is 1. The van der Waals surface area contributed by atoms with Crippen LogP contribution in [0.1, 0.15) is 24.0 Å². The van der Waals surface area contributed by atoms with Crippen molar-refractivity contribution in [1.29, 1.82) is 0 Å². The van der Waals surface area contributed by atoms with E-state index < -0.39 is 0 Å². The first kappa shape index (κ1) is 15.9. The summed E-state index contributed by atoms with van der Waals surface area (Å²) in [4.78, 5) is 12.0. The highest BCUT2D eigenvalue weighted by Crippen LogP contribution is 2.22. The summed E-state index contributed by atoms with van der Waals surface area (Å²) in [6.45, 7) is 2.71. The molecule has 0 aliphatic rings. The Balaban J connectivity index is 1.86. The second kappa shape index (κ2) is 7.48. The van der Waals surface area contributed by atoms with Gasteiger partial charge in [-0.3, -0.25) is 4.79 Å². The van der Waals surface area contributed by atoms with Gasteiger partial charge in [0.15, 0.2) is 0 Å². The fourth-order valence-corrected chi connectivity index (χ4v) is 2.38. The number of benzene rings is 2. The van der Waals surface area contributed by atoms with Crippen molar-refractivity contribution in [2.24, 2.45) is 0 Å². The van der Waals surface area contributed by atoms with Crippen LogP contribution < -0.4 is 5.32 Å². The van der Waals surface area contributed by atoms with E-state index in [1.807, 2.05) is 24.3 Å². The molecule has 1 amide bonds. The lowest BCUT2D eigenvalue weighted by Crippen LogP contribution is -2.28. The van der Waals surface area contributed by atoms with E-state index in [1.165, 1.54) is 5.56 Å². The minimum atomic E-state index is -0.0174. The SMILES string of the molecule is C[C@@H](CNC(=O)Cc1ccc(Cl)c(Cl)c1)c1ccccc1. The highest BCUT2D eigenvalue weighted by molar-refractivity contribution is 6.42. The third kappa shape index (κ3) is 4.76. The van der Waals surface area contributed by atoms with Crippen molar-refractivity contribution >= 4 is 29.1 Å². The van der Waals surface area contributed by atoms with Gasteiger partial charge in [-0.05, 0) is 29.2 Å². The number of carbonyl (C=O) groups excluding carboxylic acids is 1. The molecule has 0 bridgehead atoms. The Kier molecular flexibility index (Phi) is 5.66. The second-order valence-electron chi connectivity index (χ2n) is 5.04. The monoisotopic (exact) mass is 321 g/mol. The quantitative estimate of drug-likeness (QED) is 0.865. The fraction of sp³-hybridized carbons (Fsp3) is 0.235. The molecule has 0 heterocycles. The zero-order chi connectivity index (χ0) is 15.2. The van der Waals surface area contributed by atoms with E-state index in [2.05, 4.69) is 24.4 Å². The third-order valence-electron chi connectivity index (χ3n) is 3.32. The van der Waals surface area contributed by atoms with E-state index in [1.54, 1.807) is 12.1 Å². The fourth-order valence-electron chi connectivity index (χ4n) is 2.06. The molecule has 0 unspecified atom stereocenters. The molecule has 0 aliphatic carbocycles. The molecule has 2 aromatic rings. The predicted molar refractivity (Wildman–Crippen MR) is 88.0 cm³/mol. The molecule has 2 aromatic carbocycles. The summed E-state index contributed by atoms with van der Waals surface area (Å²) >= 11 is 11.8. The normalized spacial score (nSPS) is 12.0. The lowest BCUT2D eigenvalue weighted by molar-refractivity contribution is -0.120. The second-order valence-corrected chi connectivity index (χ2v) is 5.86. The molecule has 2 rings (SSSR count). The first-order valence-electron chi connectivity index (χ1n) is 6.82. The maximum absolute atomic E-state index is 12.0. The molecule has 1 atom stereocenters. The summed E-state index contributed by atoms with van der Waals surface area (Å²) in [6.07, 6.45) is 0.304. The third-order valence-corrected chi connectivity index (χ3v) is 4.06. The number of amides is 1. The van der Waals surface area contributed by atoms with Crippen LogP contribution in [0.2, 0.25) is 10.0 Å². The molecule has 110 valence electrons. The Bertz CT molecular complexity index is 613. The van der Waals surface area contributed by atoms with Gasteiger partial charge in [-0.15, -0.1) is 0 Å². The molecule has 0 aromatic heterocycles. The van der Waals surface area contributed by atoms with Gasteiger partial charge in [0.2, 0.25) is 5.91 Å². The van der Waals surface area contributed by atoms with Gasteiger partial charge in [0.25, 0.3) is 0 Å². The topological polar surface area (TPSA) is 29.1 Å². The van der Waals surface area contributed by atoms with Gasteiger partial charge in [0.1, 0.15) is 0 Å².